The van der Waals surface area contributed by atoms with Gasteiger partial charge in [0.15, 0.2) is 0 Å². The van der Waals surface area contributed by atoms with Crippen LogP contribution >= 0.6 is 11.5 Å². The van der Waals surface area contributed by atoms with E-state index in [2.05, 4.69) is 58.0 Å². The molecule has 0 aliphatic carbocycles. The Balaban J connectivity index is 1.63. The van der Waals surface area contributed by atoms with Crippen molar-refractivity contribution in [2.75, 3.05) is 11.9 Å². The quantitative estimate of drug-likeness (QED) is 0.711. The Labute approximate surface area is 129 Å². The number of fused-ring (bicyclic) bond motifs is 1. The zero-order chi connectivity index (χ0) is 14.7. The molecule has 21 heavy (non-hydrogen) atoms. The monoisotopic (exact) mass is 297 g/mol. The van der Waals surface area contributed by atoms with Gasteiger partial charge in [0, 0.05) is 12.2 Å². The molecule has 108 valence electrons. The lowest BCUT2D eigenvalue weighted by Crippen LogP contribution is -2.03. The van der Waals surface area contributed by atoms with E-state index in [9.17, 15) is 0 Å². The lowest BCUT2D eigenvalue weighted by molar-refractivity contribution is 0.861. The van der Waals surface area contributed by atoms with Crippen molar-refractivity contribution in [1.29, 1.82) is 0 Å². The van der Waals surface area contributed by atoms with E-state index in [1.165, 1.54) is 28.0 Å². The molecule has 0 unspecified atom stereocenters. The Kier molecular flexibility index (Phi) is 4.15. The molecule has 0 amide bonds. The number of benzene rings is 1. The first kappa shape index (κ1) is 14.0. The second-order valence-corrected chi connectivity index (χ2v) is 6.06. The van der Waals surface area contributed by atoms with Gasteiger partial charge < -0.3 is 5.32 Å². The maximum atomic E-state index is 4.55. The van der Waals surface area contributed by atoms with E-state index >= 15 is 0 Å². The smallest absolute Gasteiger partial charge is 0.149 e. The molecule has 0 fully saturated rings. The molecule has 2 heterocycles. The average Bonchev–Trinajstić information content (AvgIpc) is 2.88. The van der Waals surface area contributed by atoms with Crippen LogP contribution in [0.2, 0.25) is 0 Å². The molecule has 2 aromatic heterocycles. The van der Waals surface area contributed by atoms with Crippen molar-refractivity contribution in [3.8, 4) is 0 Å². The van der Waals surface area contributed by atoms with Crippen LogP contribution in [0.25, 0.3) is 10.2 Å². The van der Waals surface area contributed by atoms with Crippen molar-refractivity contribution in [3.05, 3.63) is 53.2 Å². The largest absolute Gasteiger partial charge is 0.369 e. The second-order valence-electron chi connectivity index (χ2n) is 5.31. The number of anilines is 1. The van der Waals surface area contributed by atoms with Crippen molar-refractivity contribution < 1.29 is 0 Å². The number of nitrogens with zero attached hydrogens (tertiary/aromatic N) is 2. The Morgan fingerprint density at radius 3 is 2.76 bits per heavy atom. The maximum Gasteiger partial charge on any atom is 0.149 e. The van der Waals surface area contributed by atoms with Crippen LogP contribution in [0.5, 0.6) is 0 Å². The minimum absolute atomic E-state index is 0.932. The first-order valence-corrected chi connectivity index (χ1v) is 8.03. The van der Waals surface area contributed by atoms with Crippen molar-refractivity contribution >= 4 is 27.6 Å². The SMILES string of the molecule is Cc1cc(C)c2c(NCCCc3ccccc3)nsc2n1. The van der Waals surface area contributed by atoms with Crippen LogP contribution in [0.15, 0.2) is 36.4 Å². The van der Waals surface area contributed by atoms with E-state index in [-0.39, 0.29) is 0 Å². The first-order chi connectivity index (χ1) is 10.2. The summed E-state index contributed by atoms with van der Waals surface area (Å²) in [6, 6.07) is 12.7. The summed E-state index contributed by atoms with van der Waals surface area (Å²) in [5.74, 6) is 0.980. The van der Waals surface area contributed by atoms with E-state index in [1.54, 1.807) is 0 Å². The molecule has 3 aromatic rings. The molecule has 0 bridgehead atoms. The summed E-state index contributed by atoms with van der Waals surface area (Å²) in [4.78, 5) is 5.57. The minimum Gasteiger partial charge on any atom is -0.369 e. The highest BCUT2D eigenvalue weighted by Crippen LogP contribution is 2.28. The van der Waals surface area contributed by atoms with Crippen LogP contribution in [0, 0.1) is 13.8 Å². The van der Waals surface area contributed by atoms with Crippen molar-refractivity contribution in [3.63, 3.8) is 0 Å². The fraction of sp³-hybridized carbons (Fsp3) is 0.294. The molecule has 4 heteroatoms. The molecule has 3 nitrogen and oxygen atoms in total. The summed E-state index contributed by atoms with van der Waals surface area (Å²) in [7, 11) is 0. The number of nitrogens with one attached hydrogen (secondary N) is 1. The van der Waals surface area contributed by atoms with Crippen molar-refractivity contribution in [1.82, 2.24) is 9.36 Å². The van der Waals surface area contributed by atoms with Gasteiger partial charge in [-0.3, -0.25) is 0 Å². The highest BCUT2D eigenvalue weighted by Gasteiger charge is 2.10. The van der Waals surface area contributed by atoms with Crippen molar-refractivity contribution in [2.45, 2.75) is 26.7 Å². The third-order valence-electron chi connectivity index (χ3n) is 3.55. The van der Waals surface area contributed by atoms with Gasteiger partial charge >= 0.3 is 0 Å². The summed E-state index contributed by atoms with van der Waals surface area (Å²) in [5, 5.41) is 4.63. The number of hydrogen-bond donors (Lipinski definition) is 1. The van der Waals surface area contributed by atoms with Gasteiger partial charge in [0.2, 0.25) is 0 Å². The number of rotatable bonds is 5. The number of aryl methyl sites for hydroxylation is 3. The molecule has 0 spiro atoms. The summed E-state index contributed by atoms with van der Waals surface area (Å²) in [6.45, 7) is 5.08. The normalized spacial score (nSPS) is 11.0. The predicted octanol–water partition coefficient (Wildman–Crippen LogP) is 4.35. The fourth-order valence-electron chi connectivity index (χ4n) is 2.56. The number of pyridine rings is 1. The summed E-state index contributed by atoms with van der Waals surface area (Å²) >= 11 is 1.47. The summed E-state index contributed by atoms with van der Waals surface area (Å²) in [5.41, 5.74) is 3.69. The van der Waals surface area contributed by atoms with E-state index in [0.29, 0.717) is 0 Å². The van der Waals surface area contributed by atoms with E-state index < -0.39 is 0 Å². The van der Waals surface area contributed by atoms with Crippen molar-refractivity contribution in [2.24, 2.45) is 0 Å². The molecule has 0 radical (unpaired) electrons. The van der Waals surface area contributed by atoms with E-state index in [4.69, 9.17) is 0 Å². The van der Waals surface area contributed by atoms with Crippen LogP contribution in [-0.4, -0.2) is 15.9 Å². The van der Waals surface area contributed by atoms with Gasteiger partial charge in [-0.1, -0.05) is 30.3 Å². The van der Waals surface area contributed by atoms with Gasteiger partial charge in [-0.15, -0.1) is 0 Å². The Morgan fingerprint density at radius 1 is 1.14 bits per heavy atom. The molecule has 3 rings (SSSR count). The van der Waals surface area contributed by atoms with Gasteiger partial charge in [0.25, 0.3) is 0 Å². The maximum absolute atomic E-state index is 4.55. The van der Waals surface area contributed by atoms with E-state index in [0.717, 1.165) is 35.7 Å². The molecule has 1 aromatic carbocycles. The number of aromatic nitrogens is 2. The van der Waals surface area contributed by atoms with Crippen LogP contribution < -0.4 is 5.32 Å². The molecule has 0 aliphatic rings. The molecule has 1 N–H and O–H groups in total. The topological polar surface area (TPSA) is 37.8 Å². The van der Waals surface area contributed by atoms with Gasteiger partial charge in [0.1, 0.15) is 10.6 Å². The lowest BCUT2D eigenvalue weighted by Gasteiger charge is -2.05. The molecule has 0 saturated heterocycles. The highest BCUT2D eigenvalue weighted by molar-refractivity contribution is 7.13. The van der Waals surface area contributed by atoms with Crippen LogP contribution in [-0.2, 0) is 6.42 Å². The zero-order valence-corrected chi connectivity index (χ0v) is 13.2. The summed E-state index contributed by atoms with van der Waals surface area (Å²) in [6.07, 6.45) is 2.19. The first-order valence-electron chi connectivity index (χ1n) is 7.25. The molecular formula is C17H19N3S. The minimum atomic E-state index is 0.932. The molecule has 0 aliphatic heterocycles. The summed E-state index contributed by atoms with van der Waals surface area (Å²) < 4.78 is 4.51. The van der Waals surface area contributed by atoms with Gasteiger partial charge in [0.05, 0.1) is 5.39 Å². The lowest BCUT2D eigenvalue weighted by atomic mass is 10.1. The Hall–Kier alpha value is -1.94. The Morgan fingerprint density at radius 2 is 1.95 bits per heavy atom. The zero-order valence-electron chi connectivity index (χ0n) is 12.4. The van der Waals surface area contributed by atoms with Gasteiger partial charge in [-0.2, -0.15) is 4.37 Å². The molecule has 0 saturated carbocycles. The number of hydrogen-bond acceptors (Lipinski definition) is 4. The highest BCUT2D eigenvalue weighted by atomic mass is 32.1. The van der Waals surface area contributed by atoms with Crippen LogP contribution in [0.1, 0.15) is 23.2 Å². The van der Waals surface area contributed by atoms with Crippen LogP contribution in [0.3, 0.4) is 0 Å². The Bertz CT molecular complexity index is 734. The van der Waals surface area contributed by atoms with Crippen LogP contribution in [0.4, 0.5) is 5.82 Å². The van der Waals surface area contributed by atoms with Gasteiger partial charge in [-0.25, -0.2) is 4.98 Å². The second kappa shape index (κ2) is 6.22. The average molecular weight is 297 g/mol. The predicted molar refractivity (Wildman–Crippen MR) is 90.1 cm³/mol. The third-order valence-corrected chi connectivity index (χ3v) is 4.29. The molecular weight excluding hydrogens is 278 g/mol. The standard InChI is InChI=1S/C17H19N3S/c1-12-11-13(2)19-17-15(12)16(20-21-17)18-10-6-9-14-7-4-3-5-8-14/h3-5,7-8,11H,6,9-10H2,1-2H3,(H,18,20). The fourth-order valence-corrected chi connectivity index (χ4v) is 3.42. The molecule has 0 atom stereocenters. The van der Waals surface area contributed by atoms with E-state index in [1.807, 2.05) is 6.92 Å². The third kappa shape index (κ3) is 3.22. The van der Waals surface area contributed by atoms with Gasteiger partial charge in [-0.05, 0) is 55.4 Å².